The molecule has 0 bridgehead atoms. The van der Waals surface area contributed by atoms with Crippen LogP contribution in [0.4, 0.5) is 4.39 Å². The maximum atomic E-state index is 13.3. The standard InChI is InChI=1S/C14H14BFO4/c1-19-13-2-4-14(5-3-13)20-9-10-6-11(15(17)18)8-12(16)7-10/h2-8,17-18H,9H2,1H3. The normalized spacial score (nSPS) is 10.2. The molecular formula is C14H14BFO4. The predicted molar refractivity (Wildman–Crippen MR) is 73.6 cm³/mol. The molecule has 0 heterocycles. The van der Waals surface area contributed by atoms with Crippen LogP contribution in [0.3, 0.4) is 0 Å². The van der Waals surface area contributed by atoms with E-state index in [1.807, 2.05) is 0 Å². The minimum atomic E-state index is -1.70. The molecular weight excluding hydrogens is 262 g/mol. The Morgan fingerprint density at radius 1 is 1.05 bits per heavy atom. The summed E-state index contributed by atoms with van der Waals surface area (Å²) >= 11 is 0. The number of hydrogen-bond donors (Lipinski definition) is 2. The van der Waals surface area contributed by atoms with Crippen molar-refractivity contribution in [3.8, 4) is 11.5 Å². The highest BCUT2D eigenvalue weighted by Gasteiger charge is 2.13. The van der Waals surface area contributed by atoms with Crippen LogP contribution in [0, 0.1) is 5.82 Å². The highest BCUT2D eigenvalue weighted by atomic mass is 19.1. The molecule has 0 aliphatic rings. The second-order valence-electron chi connectivity index (χ2n) is 4.23. The van der Waals surface area contributed by atoms with Crippen LogP contribution in [0.1, 0.15) is 5.56 Å². The third-order valence-electron chi connectivity index (χ3n) is 2.74. The van der Waals surface area contributed by atoms with E-state index in [2.05, 4.69) is 0 Å². The SMILES string of the molecule is COc1ccc(OCc2cc(F)cc(B(O)O)c2)cc1. The zero-order valence-corrected chi connectivity index (χ0v) is 10.9. The highest BCUT2D eigenvalue weighted by Crippen LogP contribution is 2.18. The Bertz CT molecular complexity index is 572. The molecule has 0 aliphatic carbocycles. The van der Waals surface area contributed by atoms with Crippen molar-refractivity contribution < 1.29 is 23.9 Å². The Morgan fingerprint density at radius 2 is 1.70 bits per heavy atom. The summed E-state index contributed by atoms with van der Waals surface area (Å²) in [5.41, 5.74) is 0.613. The predicted octanol–water partition coefficient (Wildman–Crippen LogP) is 1.09. The number of rotatable bonds is 5. The molecule has 2 N–H and O–H groups in total. The second kappa shape index (κ2) is 6.41. The smallest absolute Gasteiger partial charge is 0.488 e. The average molecular weight is 276 g/mol. The fraction of sp³-hybridized carbons (Fsp3) is 0.143. The highest BCUT2D eigenvalue weighted by molar-refractivity contribution is 6.58. The molecule has 0 saturated carbocycles. The zero-order valence-electron chi connectivity index (χ0n) is 10.9. The number of hydrogen-bond acceptors (Lipinski definition) is 4. The lowest BCUT2D eigenvalue weighted by Gasteiger charge is -2.09. The summed E-state index contributed by atoms with van der Waals surface area (Å²) in [5, 5.41) is 18.1. The molecule has 0 radical (unpaired) electrons. The Balaban J connectivity index is 2.06. The number of halogens is 1. The van der Waals surface area contributed by atoms with Crippen molar-refractivity contribution in [3.05, 3.63) is 53.8 Å². The van der Waals surface area contributed by atoms with Crippen molar-refractivity contribution in [3.63, 3.8) is 0 Å². The fourth-order valence-electron chi connectivity index (χ4n) is 1.75. The Labute approximate surface area is 116 Å². The van der Waals surface area contributed by atoms with E-state index in [9.17, 15) is 4.39 Å². The molecule has 0 atom stereocenters. The van der Waals surface area contributed by atoms with Gasteiger partial charge < -0.3 is 19.5 Å². The van der Waals surface area contributed by atoms with E-state index in [-0.39, 0.29) is 12.1 Å². The molecule has 4 nitrogen and oxygen atoms in total. The summed E-state index contributed by atoms with van der Waals surface area (Å²) in [6.07, 6.45) is 0. The molecule has 0 unspecified atom stereocenters. The largest absolute Gasteiger partial charge is 0.497 e. The molecule has 0 fully saturated rings. The monoisotopic (exact) mass is 276 g/mol. The molecule has 0 saturated heterocycles. The van der Waals surface area contributed by atoms with Crippen LogP contribution < -0.4 is 14.9 Å². The van der Waals surface area contributed by atoms with Crippen LogP contribution in [0.2, 0.25) is 0 Å². The molecule has 0 spiro atoms. The van der Waals surface area contributed by atoms with Crippen molar-refractivity contribution in [2.45, 2.75) is 6.61 Å². The first kappa shape index (κ1) is 14.4. The Hall–Kier alpha value is -2.05. The van der Waals surface area contributed by atoms with E-state index in [1.165, 1.54) is 12.1 Å². The molecule has 0 amide bonds. The van der Waals surface area contributed by atoms with E-state index in [0.717, 1.165) is 6.07 Å². The first-order valence-electron chi connectivity index (χ1n) is 6.01. The van der Waals surface area contributed by atoms with Crippen LogP contribution in [0.5, 0.6) is 11.5 Å². The van der Waals surface area contributed by atoms with Crippen molar-refractivity contribution in [2.24, 2.45) is 0 Å². The van der Waals surface area contributed by atoms with E-state index < -0.39 is 12.9 Å². The van der Waals surface area contributed by atoms with E-state index >= 15 is 0 Å². The topological polar surface area (TPSA) is 58.9 Å². The van der Waals surface area contributed by atoms with Gasteiger partial charge in [-0.1, -0.05) is 6.07 Å². The summed E-state index contributed by atoms with van der Waals surface area (Å²) in [6.45, 7) is 0.129. The molecule has 0 aromatic heterocycles. The lowest BCUT2D eigenvalue weighted by Crippen LogP contribution is -2.30. The summed E-state index contributed by atoms with van der Waals surface area (Å²) < 4.78 is 23.8. The first-order valence-corrected chi connectivity index (χ1v) is 6.01. The van der Waals surface area contributed by atoms with Gasteiger partial charge in [-0.25, -0.2) is 4.39 Å². The van der Waals surface area contributed by atoms with E-state index in [4.69, 9.17) is 19.5 Å². The average Bonchev–Trinajstić information content (AvgIpc) is 2.45. The number of methoxy groups -OCH3 is 1. The van der Waals surface area contributed by atoms with Crippen LogP contribution in [-0.2, 0) is 6.61 Å². The molecule has 20 heavy (non-hydrogen) atoms. The molecule has 6 heteroatoms. The minimum Gasteiger partial charge on any atom is -0.497 e. The van der Waals surface area contributed by atoms with E-state index in [1.54, 1.807) is 31.4 Å². The Morgan fingerprint density at radius 3 is 2.30 bits per heavy atom. The van der Waals surface area contributed by atoms with Gasteiger partial charge in [0.15, 0.2) is 0 Å². The molecule has 0 aliphatic heterocycles. The third kappa shape index (κ3) is 3.72. The van der Waals surface area contributed by atoms with Gasteiger partial charge in [0, 0.05) is 0 Å². The lowest BCUT2D eigenvalue weighted by atomic mass is 9.79. The van der Waals surface area contributed by atoms with Gasteiger partial charge in [0.05, 0.1) is 7.11 Å². The maximum Gasteiger partial charge on any atom is 0.488 e. The quantitative estimate of drug-likeness (QED) is 0.803. The summed E-state index contributed by atoms with van der Waals surface area (Å²) in [5.74, 6) is 0.791. The van der Waals surface area contributed by atoms with Crippen molar-refractivity contribution in [1.82, 2.24) is 0 Å². The van der Waals surface area contributed by atoms with E-state index in [0.29, 0.717) is 17.1 Å². The molecule has 2 rings (SSSR count). The minimum absolute atomic E-state index is 0.0957. The van der Waals surface area contributed by atoms with Gasteiger partial charge in [-0.05, 0) is 47.4 Å². The van der Waals surface area contributed by atoms with Crippen molar-refractivity contribution in [2.75, 3.05) is 7.11 Å². The summed E-state index contributed by atoms with van der Waals surface area (Å²) in [4.78, 5) is 0. The first-order chi connectivity index (χ1) is 9.58. The summed E-state index contributed by atoms with van der Waals surface area (Å²) in [7, 11) is -0.130. The van der Waals surface area contributed by atoms with Gasteiger partial charge in [-0.2, -0.15) is 0 Å². The van der Waals surface area contributed by atoms with Crippen molar-refractivity contribution in [1.29, 1.82) is 0 Å². The zero-order chi connectivity index (χ0) is 14.5. The lowest BCUT2D eigenvalue weighted by molar-refractivity contribution is 0.305. The van der Waals surface area contributed by atoms with Gasteiger partial charge in [-0.3, -0.25) is 0 Å². The van der Waals surface area contributed by atoms with Crippen molar-refractivity contribution >= 4 is 12.6 Å². The maximum absolute atomic E-state index is 13.3. The fourth-order valence-corrected chi connectivity index (χ4v) is 1.75. The van der Waals surface area contributed by atoms with Gasteiger partial charge >= 0.3 is 7.12 Å². The molecule has 2 aromatic carbocycles. The van der Waals surface area contributed by atoms with Crippen LogP contribution in [0.25, 0.3) is 0 Å². The van der Waals surface area contributed by atoms with Crippen LogP contribution in [-0.4, -0.2) is 24.3 Å². The van der Waals surface area contributed by atoms with Gasteiger partial charge in [0.1, 0.15) is 23.9 Å². The van der Waals surface area contributed by atoms with Gasteiger partial charge in [0.25, 0.3) is 0 Å². The Kier molecular flexibility index (Phi) is 4.60. The molecule has 2 aromatic rings. The second-order valence-corrected chi connectivity index (χ2v) is 4.23. The number of benzene rings is 2. The summed E-state index contributed by atoms with van der Waals surface area (Å²) in [6, 6.07) is 10.8. The third-order valence-corrected chi connectivity index (χ3v) is 2.74. The van der Waals surface area contributed by atoms with Gasteiger partial charge in [0.2, 0.25) is 0 Å². The molecule has 104 valence electrons. The number of ether oxygens (including phenoxy) is 2. The van der Waals surface area contributed by atoms with Gasteiger partial charge in [-0.15, -0.1) is 0 Å². The van der Waals surface area contributed by atoms with Crippen LogP contribution in [0.15, 0.2) is 42.5 Å². The van der Waals surface area contributed by atoms with Crippen LogP contribution >= 0.6 is 0 Å².